The van der Waals surface area contributed by atoms with Gasteiger partial charge in [-0.05, 0) is 37.8 Å². The summed E-state index contributed by atoms with van der Waals surface area (Å²) in [6.45, 7) is 0. The molecule has 0 aromatic carbocycles. The van der Waals surface area contributed by atoms with Gasteiger partial charge in [0.15, 0.2) is 0 Å². The van der Waals surface area contributed by atoms with Crippen molar-refractivity contribution in [3.8, 4) is 0 Å². The third-order valence-electron chi connectivity index (χ3n) is 5.71. The maximum atomic E-state index is 13.1. The van der Waals surface area contributed by atoms with Gasteiger partial charge < -0.3 is 0 Å². The molecule has 2 aromatic heterocycles. The molecule has 0 N–H and O–H groups in total. The van der Waals surface area contributed by atoms with Gasteiger partial charge in [0.05, 0.1) is 17.6 Å². The van der Waals surface area contributed by atoms with Crippen LogP contribution < -0.4 is 4.90 Å². The van der Waals surface area contributed by atoms with Crippen LogP contribution in [-0.4, -0.2) is 26.8 Å². The van der Waals surface area contributed by atoms with E-state index in [1.54, 1.807) is 30.7 Å². The number of pyridine rings is 1. The number of anilines is 1. The summed E-state index contributed by atoms with van der Waals surface area (Å²) in [6, 6.07) is 3.36. The van der Waals surface area contributed by atoms with Gasteiger partial charge in [-0.1, -0.05) is 25.7 Å². The normalized spacial score (nSPS) is 17.9. The number of carbonyl (C=O) groups excluding carboxylic acids is 2. The molecular weight excluding hydrogens is 340 g/mol. The van der Waals surface area contributed by atoms with E-state index in [9.17, 15) is 9.59 Å². The van der Waals surface area contributed by atoms with Crippen molar-refractivity contribution >= 4 is 17.5 Å². The Morgan fingerprint density at radius 2 is 1.63 bits per heavy atom. The van der Waals surface area contributed by atoms with Crippen molar-refractivity contribution in [2.24, 2.45) is 5.92 Å². The number of aromatic nitrogens is 3. The predicted octanol–water partition coefficient (Wildman–Crippen LogP) is 3.89. The van der Waals surface area contributed by atoms with E-state index < -0.39 is 5.91 Å². The van der Waals surface area contributed by atoms with E-state index in [2.05, 4.69) is 15.0 Å². The Kier molecular flexibility index (Phi) is 5.23. The molecule has 0 bridgehead atoms. The van der Waals surface area contributed by atoms with E-state index in [4.69, 9.17) is 0 Å². The molecule has 6 nitrogen and oxygen atoms in total. The van der Waals surface area contributed by atoms with Crippen LogP contribution >= 0.6 is 0 Å². The van der Waals surface area contributed by atoms with Crippen molar-refractivity contribution in [1.29, 1.82) is 0 Å². The standard InChI is InChI=1S/C21H24N4O2/c26-20(16-7-4-8-16)25(17-9-11-22-12-10-17)21(27)19-14-23-18(13-24-19)15-5-2-1-3-6-15/h9-16H,1-8H2. The zero-order valence-electron chi connectivity index (χ0n) is 15.4. The van der Waals surface area contributed by atoms with Crippen LogP contribution in [-0.2, 0) is 4.79 Å². The van der Waals surface area contributed by atoms with Crippen LogP contribution in [0.2, 0.25) is 0 Å². The highest BCUT2D eigenvalue weighted by atomic mass is 16.2. The number of imide groups is 1. The van der Waals surface area contributed by atoms with Crippen molar-refractivity contribution in [3.05, 3.63) is 48.3 Å². The first-order valence-electron chi connectivity index (χ1n) is 9.84. The minimum Gasteiger partial charge on any atom is -0.274 e. The van der Waals surface area contributed by atoms with E-state index in [0.29, 0.717) is 11.6 Å². The fraction of sp³-hybridized carbons (Fsp3) is 0.476. The third kappa shape index (κ3) is 3.75. The summed E-state index contributed by atoms with van der Waals surface area (Å²) in [5.74, 6) is -0.226. The lowest BCUT2D eigenvalue weighted by Crippen LogP contribution is -2.43. The van der Waals surface area contributed by atoms with Crippen LogP contribution in [0.3, 0.4) is 0 Å². The highest BCUT2D eigenvalue weighted by Gasteiger charge is 2.34. The summed E-state index contributed by atoms with van der Waals surface area (Å²) in [6.07, 6.45) is 15.1. The zero-order chi connectivity index (χ0) is 18.6. The van der Waals surface area contributed by atoms with Gasteiger partial charge in [0.25, 0.3) is 5.91 Å². The van der Waals surface area contributed by atoms with Gasteiger partial charge in [-0.2, -0.15) is 0 Å². The molecule has 2 fully saturated rings. The minimum atomic E-state index is -0.416. The number of amides is 2. The summed E-state index contributed by atoms with van der Waals surface area (Å²) in [4.78, 5) is 40.1. The third-order valence-corrected chi connectivity index (χ3v) is 5.71. The molecule has 27 heavy (non-hydrogen) atoms. The van der Waals surface area contributed by atoms with Gasteiger partial charge in [0, 0.05) is 30.4 Å². The van der Waals surface area contributed by atoms with Crippen molar-refractivity contribution in [3.63, 3.8) is 0 Å². The first-order chi connectivity index (χ1) is 13.2. The summed E-state index contributed by atoms with van der Waals surface area (Å²) < 4.78 is 0. The number of hydrogen-bond acceptors (Lipinski definition) is 5. The molecule has 6 heteroatoms. The number of nitrogens with zero attached hydrogens (tertiary/aromatic N) is 4. The minimum absolute atomic E-state index is 0.0865. The van der Waals surface area contributed by atoms with Crippen LogP contribution in [0.25, 0.3) is 0 Å². The lowest BCUT2D eigenvalue weighted by atomic mass is 9.84. The Hall–Kier alpha value is -2.63. The average Bonchev–Trinajstić information content (AvgIpc) is 2.68. The van der Waals surface area contributed by atoms with E-state index >= 15 is 0 Å². The molecular formula is C21H24N4O2. The van der Waals surface area contributed by atoms with Gasteiger partial charge in [-0.3, -0.25) is 19.6 Å². The number of carbonyl (C=O) groups is 2. The van der Waals surface area contributed by atoms with Gasteiger partial charge >= 0.3 is 0 Å². The molecule has 2 heterocycles. The smallest absolute Gasteiger partial charge is 0.274 e. The highest BCUT2D eigenvalue weighted by Crippen LogP contribution is 2.32. The molecule has 2 saturated carbocycles. The summed E-state index contributed by atoms with van der Waals surface area (Å²) in [7, 11) is 0. The second-order valence-electron chi connectivity index (χ2n) is 7.47. The molecule has 2 aliphatic carbocycles. The van der Waals surface area contributed by atoms with Gasteiger partial charge in [-0.15, -0.1) is 0 Å². The molecule has 0 saturated heterocycles. The van der Waals surface area contributed by atoms with Gasteiger partial charge in [-0.25, -0.2) is 9.88 Å². The average molecular weight is 364 g/mol. The SMILES string of the molecule is O=C(c1cnc(C2CCCCC2)cn1)N(C(=O)C1CCC1)c1ccncc1. The molecule has 0 radical (unpaired) electrons. The quantitative estimate of drug-likeness (QED) is 0.769. The molecule has 140 valence electrons. The lowest BCUT2D eigenvalue weighted by molar-refractivity contribution is -0.124. The van der Waals surface area contributed by atoms with Crippen LogP contribution in [0.15, 0.2) is 36.9 Å². The summed E-state index contributed by atoms with van der Waals surface area (Å²) in [5, 5.41) is 0. The molecule has 0 spiro atoms. The van der Waals surface area contributed by atoms with E-state index in [1.165, 1.54) is 30.4 Å². The maximum absolute atomic E-state index is 13.1. The Morgan fingerprint density at radius 3 is 2.22 bits per heavy atom. The molecule has 0 atom stereocenters. The lowest BCUT2D eigenvalue weighted by Gasteiger charge is -2.30. The number of rotatable bonds is 4. The Bertz CT molecular complexity index is 797. The van der Waals surface area contributed by atoms with Crippen molar-refractivity contribution in [1.82, 2.24) is 15.0 Å². The number of hydrogen-bond donors (Lipinski definition) is 0. The first kappa shape index (κ1) is 17.8. The molecule has 0 aliphatic heterocycles. The van der Waals surface area contributed by atoms with Gasteiger partial charge in [0.2, 0.25) is 5.91 Å². The van der Waals surface area contributed by atoms with Crippen molar-refractivity contribution in [2.75, 3.05) is 4.90 Å². The second kappa shape index (κ2) is 7.94. The Morgan fingerprint density at radius 1 is 0.889 bits per heavy atom. The molecule has 0 unspecified atom stereocenters. The Labute approximate surface area is 159 Å². The molecule has 2 amide bonds. The van der Waals surface area contributed by atoms with Crippen molar-refractivity contribution < 1.29 is 9.59 Å². The molecule has 2 aromatic rings. The molecule has 2 aliphatic rings. The maximum Gasteiger partial charge on any atom is 0.285 e. The van der Waals surface area contributed by atoms with E-state index in [0.717, 1.165) is 37.8 Å². The summed E-state index contributed by atoms with van der Waals surface area (Å²) in [5.41, 5.74) is 1.69. The largest absolute Gasteiger partial charge is 0.285 e. The monoisotopic (exact) mass is 364 g/mol. The van der Waals surface area contributed by atoms with Crippen LogP contribution in [0, 0.1) is 5.92 Å². The first-order valence-corrected chi connectivity index (χ1v) is 9.84. The van der Waals surface area contributed by atoms with Crippen LogP contribution in [0.1, 0.15) is 73.5 Å². The van der Waals surface area contributed by atoms with E-state index in [1.807, 2.05) is 0 Å². The van der Waals surface area contributed by atoms with E-state index in [-0.39, 0.29) is 17.5 Å². The Balaban J connectivity index is 1.58. The highest BCUT2D eigenvalue weighted by molar-refractivity contribution is 6.21. The predicted molar refractivity (Wildman–Crippen MR) is 101 cm³/mol. The second-order valence-corrected chi connectivity index (χ2v) is 7.47. The zero-order valence-corrected chi connectivity index (χ0v) is 15.4. The van der Waals surface area contributed by atoms with Crippen molar-refractivity contribution in [2.45, 2.75) is 57.3 Å². The van der Waals surface area contributed by atoms with Crippen LogP contribution in [0.4, 0.5) is 5.69 Å². The van der Waals surface area contributed by atoms with Gasteiger partial charge in [0.1, 0.15) is 5.69 Å². The fourth-order valence-corrected chi connectivity index (χ4v) is 3.85. The topological polar surface area (TPSA) is 76.1 Å². The van der Waals surface area contributed by atoms with Crippen LogP contribution in [0.5, 0.6) is 0 Å². The summed E-state index contributed by atoms with van der Waals surface area (Å²) >= 11 is 0. The fourth-order valence-electron chi connectivity index (χ4n) is 3.85. The molecule has 4 rings (SSSR count).